The molecular formula is C13H20N4O. The molecule has 0 aliphatic rings. The number of aryl methyl sites for hydroxylation is 2. The minimum absolute atomic E-state index is 0.608. The SMILES string of the molecule is CCn1c(C)cc(CNCc2nc(C)no2)c1C. The van der Waals surface area contributed by atoms with Gasteiger partial charge in [0.1, 0.15) is 0 Å². The van der Waals surface area contributed by atoms with Crippen LogP contribution in [-0.2, 0) is 19.6 Å². The molecule has 0 aliphatic carbocycles. The summed E-state index contributed by atoms with van der Waals surface area (Å²) < 4.78 is 7.37. The molecule has 0 bridgehead atoms. The molecule has 2 heterocycles. The van der Waals surface area contributed by atoms with E-state index in [1.165, 1.54) is 17.0 Å². The summed E-state index contributed by atoms with van der Waals surface area (Å²) in [6.45, 7) is 10.7. The zero-order chi connectivity index (χ0) is 13.1. The number of hydrogen-bond acceptors (Lipinski definition) is 4. The molecule has 2 rings (SSSR count). The summed E-state index contributed by atoms with van der Waals surface area (Å²) in [6, 6.07) is 2.23. The second-order valence-corrected chi connectivity index (χ2v) is 4.48. The fourth-order valence-corrected chi connectivity index (χ4v) is 2.25. The Kier molecular flexibility index (Phi) is 3.81. The summed E-state index contributed by atoms with van der Waals surface area (Å²) in [5, 5.41) is 7.09. The number of rotatable bonds is 5. The van der Waals surface area contributed by atoms with Crippen molar-refractivity contribution in [1.82, 2.24) is 20.0 Å². The van der Waals surface area contributed by atoms with Crippen LogP contribution in [0.15, 0.2) is 10.6 Å². The van der Waals surface area contributed by atoms with Crippen molar-refractivity contribution in [3.8, 4) is 0 Å². The molecule has 0 radical (unpaired) electrons. The molecule has 0 saturated heterocycles. The minimum atomic E-state index is 0.608. The largest absolute Gasteiger partial charge is 0.349 e. The van der Waals surface area contributed by atoms with Crippen LogP contribution in [-0.4, -0.2) is 14.7 Å². The summed E-state index contributed by atoms with van der Waals surface area (Å²) in [7, 11) is 0. The maximum Gasteiger partial charge on any atom is 0.240 e. The molecule has 0 aliphatic heterocycles. The van der Waals surface area contributed by atoms with E-state index in [1.54, 1.807) is 0 Å². The van der Waals surface area contributed by atoms with Crippen molar-refractivity contribution in [1.29, 1.82) is 0 Å². The lowest BCUT2D eigenvalue weighted by molar-refractivity contribution is 0.364. The molecule has 1 N–H and O–H groups in total. The molecule has 0 spiro atoms. The van der Waals surface area contributed by atoms with Crippen molar-refractivity contribution in [2.24, 2.45) is 0 Å². The molecular weight excluding hydrogens is 228 g/mol. The number of aromatic nitrogens is 3. The lowest BCUT2D eigenvalue weighted by Gasteiger charge is -2.06. The van der Waals surface area contributed by atoms with E-state index in [-0.39, 0.29) is 0 Å². The van der Waals surface area contributed by atoms with Crippen LogP contribution in [0, 0.1) is 20.8 Å². The standard InChI is InChI=1S/C13H20N4O/c1-5-17-9(2)6-12(10(17)3)7-14-8-13-15-11(4)16-18-13/h6,14H,5,7-8H2,1-4H3. The average Bonchev–Trinajstić information content (AvgIpc) is 2.85. The third-order valence-electron chi connectivity index (χ3n) is 3.16. The van der Waals surface area contributed by atoms with E-state index in [0.717, 1.165) is 13.1 Å². The van der Waals surface area contributed by atoms with Crippen molar-refractivity contribution >= 4 is 0 Å². The first-order chi connectivity index (χ1) is 8.61. The highest BCUT2D eigenvalue weighted by molar-refractivity contribution is 5.26. The zero-order valence-corrected chi connectivity index (χ0v) is 11.4. The third kappa shape index (κ3) is 2.61. The van der Waals surface area contributed by atoms with Crippen molar-refractivity contribution in [2.45, 2.75) is 47.3 Å². The molecule has 5 nitrogen and oxygen atoms in total. The highest BCUT2D eigenvalue weighted by Gasteiger charge is 2.08. The Hall–Kier alpha value is -1.62. The summed E-state index contributed by atoms with van der Waals surface area (Å²) >= 11 is 0. The van der Waals surface area contributed by atoms with E-state index in [9.17, 15) is 0 Å². The van der Waals surface area contributed by atoms with E-state index in [1.807, 2.05) is 6.92 Å². The molecule has 98 valence electrons. The lowest BCUT2D eigenvalue weighted by Crippen LogP contribution is -2.13. The van der Waals surface area contributed by atoms with E-state index in [2.05, 4.69) is 46.9 Å². The smallest absolute Gasteiger partial charge is 0.240 e. The van der Waals surface area contributed by atoms with Gasteiger partial charge in [0.05, 0.1) is 6.54 Å². The van der Waals surface area contributed by atoms with E-state index in [0.29, 0.717) is 18.3 Å². The molecule has 0 amide bonds. The Morgan fingerprint density at radius 2 is 2.06 bits per heavy atom. The fourth-order valence-electron chi connectivity index (χ4n) is 2.25. The Bertz CT molecular complexity index is 527. The van der Waals surface area contributed by atoms with Gasteiger partial charge in [-0.1, -0.05) is 5.16 Å². The maximum atomic E-state index is 5.05. The second-order valence-electron chi connectivity index (χ2n) is 4.48. The van der Waals surface area contributed by atoms with Gasteiger partial charge < -0.3 is 14.4 Å². The van der Waals surface area contributed by atoms with Crippen LogP contribution in [0.5, 0.6) is 0 Å². The molecule has 0 aromatic carbocycles. The molecule has 18 heavy (non-hydrogen) atoms. The highest BCUT2D eigenvalue weighted by atomic mass is 16.5. The zero-order valence-electron chi connectivity index (χ0n) is 11.4. The fraction of sp³-hybridized carbons (Fsp3) is 0.538. The van der Waals surface area contributed by atoms with Gasteiger partial charge in [-0.15, -0.1) is 0 Å². The van der Waals surface area contributed by atoms with Crippen LogP contribution in [0.4, 0.5) is 0 Å². The molecule has 0 atom stereocenters. The monoisotopic (exact) mass is 248 g/mol. The van der Waals surface area contributed by atoms with Gasteiger partial charge in [-0.3, -0.25) is 0 Å². The molecule has 2 aromatic heterocycles. The first-order valence-electron chi connectivity index (χ1n) is 6.27. The molecule has 5 heteroatoms. The maximum absolute atomic E-state index is 5.05. The predicted octanol–water partition coefficient (Wildman–Crippen LogP) is 2.11. The average molecular weight is 248 g/mol. The third-order valence-corrected chi connectivity index (χ3v) is 3.16. The summed E-state index contributed by atoms with van der Waals surface area (Å²) in [4.78, 5) is 4.16. The number of nitrogens with zero attached hydrogens (tertiary/aromatic N) is 3. The Morgan fingerprint density at radius 1 is 1.28 bits per heavy atom. The van der Waals surface area contributed by atoms with E-state index < -0.39 is 0 Å². The molecule has 0 unspecified atom stereocenters. The Balaban J connectivity index is 1.94. The summed E-state index contributed by atoms with van der Waals surface area (Å²) in [5.41, 5.74) is 3.95. The number of nitrogens with one attached hydrogen (secondary N) is 1. The quantitative estimate of drug-likeness (QED) is 0.880. The predicted molar refractivity (Wildman–Crippen MR) is 69.2 cm³/mol. The summed E-state index contributed by atoms with van der Waals surface area (Å²) in [5.74, 6) is 1.31. The van der Waals surface area contributed by atoms with Crippen LogP contribution in [0.25, 0.3) is 0 Å². The molecule has 0 fully saturated rings. The Morgan fingerprint density at radius 3 is 2.61 bits per heavy atom. The molecule has 2 aromatic rings. The summed E-state index contributed by atoms with van der Waals surface area (Å²) in [6.07, 6.45) is 0. The van der Waals surface area contributed by atoms with Crippen LogP contribution < -0.4 is 5.32 Å². The Labute approximate surface area is 107 Å². The van der Waals surface area contributed by atoms with E-state index in [4.69, 9.17) is 4.52 Å². The van der Waals surface area contributed by atoms with Gasteiger partial charge in [0, 0.05) is 24.5 Å². The van der Waals surface area contributed by atoms with Crippen LogP contribution >= 0.6 is 0 Å². The van der Waals surface area contributed by atoms with Gasteiger partial charge in [-0.2, -0.15) is 4.98 Å². The topological polar surface area (TPSA) is 55.9 Å². The van der Waals surface area contributed by atoms with Crippen LogP contribution in [0.3, 0.4) is 0 Å². The first kappa shape index (κ1) is 12.8. The van der Waals surface area contributed by atoms with Crippen molar-refractivity contribution < 1.29 is 4.52 Å². The van der Waals surface area contributed by atoms with Gasteiger partial charge in [-0.05, 0) is 39.3 Å². The van der Waals surface area contributed by atoms with Crippen LogP contribution in [0.1, 0.15) is 35.6 Å². The van der Waals surface area contributed by atoms with Gasteiger partial charge in [0.2, 0.25) is 5.89 Å². The minimum Gasteiger partial charge on any atom is -0.349 e. The van der Waals surface area contributed by atoms with Crippen molar-refractivity contribution in [3.05, 3.63) is 34.7 Å². The van der Waals surface area contributed by atoms with Gasteiger partial charge in [0.25, 0.3) is 0 Å². The lowest BCUT2D eigenvalue weighted by atomic mass is 10.2. The first-order valence-corrected chi connectivity index (χ1v) is 6.27. The van der Waals surface area contributed by atoms with Gasteiger partial charge in [0.15, 0.2) is 5.82 Å². The van der Waals surface area contributed by atoms with Gasteiger partial charge >= 0.3 is 0 Å². The van der Waals surface area contributed by atoms with Crippen molar-refractivity contribution in [2.75, 3.05) is 0 Å². The number of hydrogen-bond donors (Lipinski definition) is 1. The second kappa shape index (κ2) is 5.35. The van der Waals surface area contributed by atoms with E-state index >= 15 is 0 Å². The van der Waals surface area contributed by atoms with Crippen molar-refractivity contribution in [3.63, 3.8) is 0 Å². The van der Waals surface area contributed by atoms with Crippen LogP contribution in [0.2, 0.25) is 0 Å². The molecule has 0 saturated carbocycles. The highest BCUT2D eigenvalue weighted by Crippen LogP contribution is 2.14. The van der Waals surface area contributed by atoms with Gasteiger partial charge in [-0.25, -0.2) is 0 Å². The normalized spacial score (nSPS) is 11.1.